The molecule has 1 aromatic carbocycles. The normalized spacial score (nSPS) is 10.3. The van der Waals surface area contributed by atoms with Gasteiger partial charge in [-0.05, 0) is 32.0 Å². The molecule has 0 bridgehead atoms. The zero-order valence-electron chi connectivity index (χ0n) is 9.57. The number of nitrogens with zero attached hydrogens (tertiary/aromatic N) is 2. The summed E-state index contributed by atoms with van der Waals surface area (Å²) in [7, 11) is 0. The average molecular weight is 294 g/mol. The van der Waals surface area contributed by atoms with Gasteiger partial charge in [0.15, 0.2) is 5.75 Å². The van der Waals surface area contributed by atoms with Crippen LogP contribution in [0.3, 0.4) is 0 Å². The second-order valence-electron chi connectivity index (χ2n) is 3.69. The Kier molecular flexibility index (Phi) is 3.28. The van der Waals surface area contributed by atoms with Gasteiger partial charge in [0.2, 0.25) is 5.88 Å². The molecule has 0 amide bonds. The van der Waals surface area contributed by atoms with Crippen molar-refractivity contribution in [2.45, 2.75) is 13.8 Å². The van der Waals surface area contributed by atoms with Gasteiger partial charge in [0.05, 0.1) is 17.1 Å². The summed E-state index contributed by atoms with van der Waals surface area (Å²) in [5, 5.41) is 0. The first kappa shape index (κ1) is 11.9. The van der Waals surface area contributed by atoms with Crippen LogP contribution in [0.15, 0.2) is 28.9 Å². The Balaban J connectivity index is 2.34. The molecule has 1 heterocycles. The number of halogens is 1. The van der Waals surface area contributed by atoms with Gasteiger partial charge >= 0.3 is 0 Å². The van der Waals surface area contributed by atoms with E-state index in [2.05, 4.69) is 25.9 Å². The summed E-state index contributed by atoms with van der Waals surface area (Å²) in [5.41, 5.74) is 7.95. The predicted molar refractivity (Wildman–Crippen MR) is 70.1 cm³/mol. The first-order valence-corrected chi connectivity index (χ1v) is 5.88. The minimum Gasteiger partial charge on any atom is -0.435 e. The molecule has 0 spiro atoms. The van der Waals surface area contributed by atoms with Crippen LogP contribution >= 0.6 is 15.9 Å². The Morgan fingerprint density at radius 2 is 2.06 bits per heavy atom. The monoisotopic (exact) mass is 293 g/mol. The highest BCUT2D eigenvalue weighted by Gasteiger charge is 2.07. The largest absolute Gasteiger partial charge is 0.435 e. The highest BCUT2D eigenvalue weighted by molar-refractivity contribution is 9.10. The standard InChI is InChI=1S/C12H12BrN3O/c1-7-6-15-8(2)12(16-7)17-11-4-3-9(13)5-10(11)14/h3-6H,14H2,1-2H3. The molecule has 4 nitrogen and oxygen atoms in total. The SMILES string of the molecule is Cc1cnc(C)c(Oc2ccc(Br)cc2N)n1. The minimum absolute atomic E-state index is 0.485. The maximum Gasteiger partial charge on any atom is 0.241 e. The van der Waals surface area contributed by atoms with Crippen LogP contribution in [0, 0.1) is 13.8 Å². The lowest BCUT2D eigenvalue weighted by molar-refractivity contribution is 0.456. The summed E-state index contributed by atoms with van der Waals surface area (Å²) in [6.07, 6.45) is 1.70. The molecule has 0 fully saturated rings. The van der Waals surface area contributed by atoms with E-state index < -0.39 is 0 Å². The average Bonchev–Trinajstić information content (AvgIpc) is 2.27. The number of nitrogens with two attached hydrogens (primary N) is 1. The topological polar surface area (TPSA) is 61.0 Å². The van der Waals surface area contributed by atoms with Crippen LogP contribution in [0.4, 0.5) is 5.69 Å². The van der Waals surface area contributed by atoms with Crippen LogP contribution in [0.2, 0.25) is 0 Å². The van der Waals surface area contributed by atoms with E-state index in [9.17, 15) is 0 Å². The lowest BCUT2D eigenvalue weighted by Crippen LogP contribution is -1.98. The maximum absolute atomic E-state index is 5.85. The van der Waals surface area contributed by atoms with Crippen molar-refractivity contribution in [2.75, 3.05) is 5.73 Å². The number of rotatable bonds is 2. The maximum atomic E-state index is 5.85. The molecule has 0 aliphatic rings. The number of aryl methyl sites for hydroxylation is 2. The number of benzene rings is 1. The fraction of sp³-hybridized carbons (Fsp3) is 0.167. The number of hydrogen-bond acceptors (Lipinski definition) is 4. The molecule has 0 saturated carbocycles. The number of hydrogen-bond donors (Lipinski definition) is 1. The number of anilines is 1. The van der Waals surface area contributed by atoms with Gasteiger partial charge in [0, 0.05) is 10.7 Å². The smallest absolute Gasteiger partial charge is 0.241 e. The van der Waals surface area contributed by atoms with E-state index in [1.807, 2.05) is 19.9 Å². The van der Waals surface area contributed by atoms with Gasteiger partial charge in [0.1, 0.15) is 0 Å². The molecule has 1 aromatic heterocycles. The van der Waals surface area contributed by atoms with Crippen molar-refractivity contribution < 1.29 is 4.74 Å². The number of ether oxygens (including phenoxy) is 1. The molecule has 0 atom stereocenters. The second-order valence-corrected chi connectivity index (χ2v) is 4.60. The summed E-state index contributed by atoms with van der Waals surface area (Å²) >= 11 is 3.34. The summed E-state index contributed by atoms with van der Waals surface area (Å²) in [5.74, 6) is 1.07. The van der Waals surface area contributed by atoms with Crippen LogP contribution in [-0.2, 0) is 0 Å². The molecule has 0 aliphatic carbocycles. The van der Waals surface area contributed by atoms with Crippen LogP contribution < -0.4 is 10.5 Å². The van der Waals surface area contributed by atoms with E-state index in [-0.39, 0.29) is 0 Å². The minimum atomic E-state index is 0.485. The van der Waals surface area contributed by atoms with Crippen LogP contribution in [0.25, 0.3) is 0 Å². The molecule has 88 valence electrons. The van der Waals surface area contributed by atoms with Crippen LogP contribution in [0.1, 0.15) is 11.4 Å². The highest BCUT2D eigenvalue weighted by Crippen LogP contribution is 2.29. The quantitative estimate of drug-likeness (QED) is 0.864. The zero-order chi connectivity index (χ0) is 12.4. The third kappa shape index (κ3) is 2.74. The molecule has 2 rings (SSSR count). The van der Waals surface area contributed by atoms with Crippen molar-refractivity contribution in [2.24, 2.45) is 0 Å². The molecule has 17 heavy (non-hydrogen) atoms. The van der Waals surface area contributed by atoms with Gasteiger partial charge in [-0.3, -0.25) is 4.98 Å². The predicted octanol–water partition coefficient (Wildman–Crippen LogP) is 3.23. The Morgan fingerprint density at radius 3 is 2.76 bits per heavy atom. The van der Waals surface area contributed by atoms with Gasteiger partial charge in [-0.25, -0.2) is 4.98 Å². The second kappa shape index (κ2) is 4.71. The molecular weight excluding hydrogens is 282 g/mol. The summed E-state index contributed by atoms with van der Waals surface area (Å²) in [6, 6.07) is 5.45. The van der Waals surface area contributed by atoms with Crippen LogP contribution in [0.5, 0.6) is 11.6 Å². The summed E-state index contributed by atoms with van der Waals surface area (Å²) in [4.78, 5) is 8.46. The number of aromatic nitrogens is 2. The molecule has 0 aliphatic heterocycles. The van der Waals surface area contributed by atoms with Crippen molar-refractivity contribution in [3.05, 3.63) is 40.3 Å². The van der Waals surface area contributed by atoms with Gasteiger partial charge in [-0.15, -0.1) is 0 Å². The Bertz CT molecular complexity index is 557. The van der Waals surface area contributed by atoms with Crippen molar-refractivity contribution in [1.29, 1.82) is 0 Å². The highest BCUT2D eigenvalue weighted by atomic mass is 79.9. The van der Waals surface area contributed by atoms with Crippen molar-refractivity contribution in [3.63, 3.8) is 0 Å². The van der Waals surface area contributed by atoms with E-state index in [1.54, 1.807) is 18.3 Å². The molecule has 0 unspecified atom stereocenters. The van der Waals surface area contributed by atoms with E-state index in [0.717, 1.165) is 15.9 Å². The van der Waals surface area contributed by atoms with Crippen molar-refractivity contribution >= 4 is 21.6 Å². The van der Waals surface area contributed by atoms with Crippen molar-refractivity contribution in [1.82, 2.24) is 9.97 Å². The lowest BCUT2D eigenvalue weighted by Gasteiger charge is -2.09. The first-order valence-electron chi connectivity index (χ1n) is 5.09. The van der Waals surface area contributed by atoms with Crippen molar-refractivity contribution in [3.8, 4) is 11.6 Å². The summed E-state index contributed by atoms with van der Waals surface area (Å²) < 4.78 is 6.57. The van der Waals surface area contributed by atoms with E-state index in [1.165, 1.54) is 0 Å². The summed E-state index contributed by atoms with van der Waals surface area (Å²) in [6.45, 7) is 3.71. The van der Waals surface area contributed by atoms with Crippen LogP contribution in [-0.4, -0.2) is 9.97 Å². The number of nitrogen functional groups attached to an aromatic ring is 1. The van der Waals surface area contributed by atoms with E-state index >= 15 is 0 Å². The lowest BCUT2D eigenvalue weighted by atomic mass is 10.3. The Hall–Kier alpha value is -1.62. The Morgan fingerprint density at radius 1 is 1.29 bits per heavy atom. The molecule has 2 N–H and O–H groups in total. The molecular formula is C12H12BrN3O. The van der Waals surface area contributed by atoms with Gasteiger partial charge < -0.3 is 10.5 Å². The first-order chi connectivity index (χ1) is 8.06. The van der Waals surface area contributed by atoms with Gasteiger partial charge in [0.25, 0.3) is 0 Å². The van der Waals surface area contributed by atoms with E-state index in [4.69, 9.17) is 10.5 Å². The van der Waals surface area contributed by atoms with E-state index in [0.29, 0.717) is 17.3 Å². The Labute approximate surface area is 108 Å². The molecule has 5 heteroatoms. The fourth-order valence-corrected chi connectivity index (χ4v) is 1.71. The molecule has 2 aromatic rings. The zero-order valence-corrected chi connectivity index (χ0v) is 11.2. The van der Waals surface area contributed by atoms with Gasteiger partial charge in [-0.1, -0.05) is 15.9 Å². The molecule has 0 saturated heterocycles. The fourth-order valence-electron chi connectivity index (χ4n) is 1.33. The third-order valence-electron chi connectivity index (χ3n) is 2.21. The molecule has 0 radical (unpaired) electrons. The van der Waals surface area contributed by atoms with Gasteiger partial charge in [-0.2, -0.15) is 0 Å². The third-order valence-corrected chi connectivity index (χ3v) is 2.70.